The van der Waals surface area contributed by atoms with Crippen LogP contribution < -0.4 is 5.32 Å². The van der Waals surface area contributed by atoms with E-state index in [1.807, 2.05) is 23.2 Å². The second-order valence-electron chi connectivity index (χ2n) is 8.08. The maximum absolute atomic E-state index is 12.7. The molecular weight excluding hydrogens is 316 g/mol. The van der Waals surface area contributed by atoms with E-state index in [-0.39, 0.29) is 17.5 Å². The molecule has 0 aromatic carbocycles. The molecule has 1 saturated carbocycles. The molecule has 25 heavy (non-hydrogen) atoms. The van der Waals surface area contributed by atoms with E-state index in [1.54, 1.807) is 0 Å². The van der Waals surface area contributed by atoms with Crippen LogP contribution in [0.3, 0.4) is 0 Å². The average molecular weight is 344 g/mol. The highest BCUT2D eigenvalue weighted by atomic mass is 16.5. The van der Waals surface area contributed by atoms with E-state index in [4.69, 9.17) is 4.74 Å². The second-order valence-corrected chi connectivity index (χ2v) is 8.08. The third kappa shape index (κ3) is 3.13. The molecule has 6 nitrogen and oxygen atoms in total. The van der Waals surface area contributed by atoms with Crippen molar-refractivity contribution >= 4 is 6.03 Å². The molecule has 2 aliphatic heterocycles. The third-order valence-corrected chi connectivity index (χ3v) is 6.15. The number of aromatic nitrogens is 1. The molecule has 1 aromatic heterocycles. The molecule has 6 heteroatoms. The summed E-state index contributed by atoms with van der Waals surface area (Å²) < 4.78 is 5.82. The Morgan fingerprint density at radius 2 is 2.12 bits per heavy atom. The van der Waals surface area contributed by atoms with E-state index >= 15 is 0 Å². The highest BCUT2D eigenvalue weighted by Gasteiger charge is 2.60. The van der Waals surface area contributed by atoms with Gasteiger partial charge in [0.25, 0.3) is 0 Å². The SMILES string of the molecule is CC1(C)[C@@H](NC(=O)N2CCN(Cc3ccccn3)CC2)[C@H]2CCO[C@@H]21. The number of fused-ring (bicyclic) bond motifs is 1. The van der Waals surface area contributed by atoms with Crippen LogP contribution in [0.15, 0.2) is 24.4 Å². The molecule has 0 spiro atoms. The van der Waals surface area contributed by atoms with Crippen molar-refractivity contribution in [2.45, 2.75) is 39.0 Å². The van der Waals surface area contributed by atoms with Crippen molar-refractivity contribution in [3.63, 3.8) is 0 Å². The number of hydrogen-bond acceptors (Lipinski definition) is 4. The first kappa shape index (κ1) is 16.8. The fraction of sp³-hybridized carbons (Fsp3) is 0.684. The number of rotatable bonds is 3. The van der Waals surface area contributed by atoms with Gasteiger partial charge in [0.1, 0.15) is 0 Å². The zero-order chi connectivity index (χ0) is 17.4. The van der Waals surface area contributed by atoms with Crippen LogP contribution in [-0.4, -0.2) is 65.7 Å². The predicted octanol–water partition coefficient (Wildman–Crippen LogP) is 1.72. The maximum Gasteiger partial charge on any atom is 0.317 e. The van der Waals surface area contributed by atoms with Gasteiger partial charge in [0.05, 0.1) is 11.8 Å². The largest absolute Gasteiger partial charge is 0.377 e. The molecule has 136 valence electrons. The average Bonchev–Trinajstić information content (AvgIpc) is 3.08. The predicted molar refractivity (Wildman–Crippen MR) is 95.0 cm³/mol. The van der Waals surface area contributed by atoms with E-state index in [0.717, 1.165) is 51.4 Å². The van der Waals surface area contributed by atoms with Crippen LogP contribution in [0.5, 0.6) is 0 Å². The van der Waals surface area contributed by atoms with Crippen molar-refractivity contribution in [2.75, 3.05) is 32.8 Å². The number of carbonyl (C=O) groups is 1. The van der Waals surface area contributed by atoms with Gasteiger partial charge >= 0.3 is 6.03 Å². The van der Waals surface area contributed by atoms with Gasteiger partial charge in [-0.1, -0.05) is 19.9 Å². The summed E-state index contributed by atoms with van der Waals surface area (Å²) in [6, 6.07) is 6.33. The number of piperazine rings is 1. The summed E-state index contributed by atoms with van der Waals surface area (Å²) in [6.45, 7) is 9.43. The second kappa shape index (κ2) is 6.57. The van der Waals surface area contributed by atoms with Crippen molar-refractivity contribution in [1.82, 2.24) is 20.1 Å². The molecule has 1 aliphatic carbocycles. The number of ether oxygens (including phenoxy) is 1. The van der Waals surface area contributed by atoms with Crippen LogP contribution in [0.2, 0.25) is 0 Å². The van der Waals surface area contributed by atoms with Crippen molar-refractivity contribution in [2.24, 2.45) is 11.3 Å². The molecule has 3 heterocycles. The lowest BCUT2D eigenvalue weighted by molar-refractivity contribution is -0.109. The molecule has 1 N–H and O–H groups in total. The molecule has 3 aliphatic rings. The molecule has 0 radical (unpaired) electrons. The number of hydrogen-bond donors (Lipinski definition) is 1. The summed E-state index contributed by atoms with van der Waals surface area (Å²) in [5.74, 6) is 0.490. The van der Waals surface area contributed by atoms with Crippen LogP contribution in [-0.2, 0) is 11.3 Å². The number of carbonyl (C=O) groups excluding carboxylic acids is 1. The summed E-state index contributed by atoms with van der Waals surface area (Å²) in [5, 5.41) is 3.29. The lowest BCUT2D eigenvalue weighted by Gasteiger charge is -2.55. The van der Waals surface area contributed by atoms with E-state index in [2.05, 4.69) is 35.1 Å². The first-order chi connectivity index (χ1) is 12.1. The van der Waals surface area contributed by atoms with Crippen LogP contribution in [0.4, 0.5) is 4.79 Å². The van der Waals surface area contributed by atoms with Crippen LogP contribution in [0.1, 0.15) is 26.0 Å². The van der Waals surface area contributed by atoms with Gasteiger partial charge in [-0.15, -0.1) is 0 Å². The molecule has 0 unspecified atom stereocenters. The van der Waals surface area contributed by atoms with Gasteiger partial charge < -0.3 is 15.0 Å². The Kier molecular flexibility index (Phi) is 4.41. The van der Waals surface area contributed by atoms with E-state index in [9.17, 15) is 4.79 Å². The van der Waals surface area contributed by atoms with Gasteiger partial charge in [-0.2, -0.15) is 0 Å². The number of nitrogens with one attached hydrogen (secondary N) is 1. The zero-order valence-electron chi connectivity index (χ0n) is 15.1. The lowest BCUT2D eigenvalue weighted by Crippen LogP contribution is -2.68. The van der Waals surface area contributed by atoms with Gasteiger partial charge in [-0.25, -0.2) is 4.79 Å². The highest BCUT2D eigenvalue weighted by molar-refractivity contribution is 5.75. The van der Waals surface area contributed by atoms with Crippen molar-refractivity contribution in [3.05, 3.63) is 30.1 Å². The summed E-state index contributed by atoms with van der Waals surface area (Å²) in [6.07, 6.45) is 3.21. The number of amides is 2. The highest BCUT2D eigenvalue weighted by Crippen LogP contribution is 2.52. The van der Waals surface area contributed by atoms with Crippen LogP contribution in [0, 0.1) is 11.3 Å². The van der Waals surface area contributed by atoms with Crippen molar-refractivity contribution in [3.8, 4) is 0 Å². The first-order valence-electron chi connectivity index (χ1n) is 9.35. The Balaban J connectivity index is 1.27. The molecule has 2 saturated heterocycles. The number of pyridine rings is 1. The summed E-state index contributed by atoms with van der Waals surface area (Å²) in [4.78, 5) is 21.4. The Morgan fingerprint density at radius 3 is 2.84 bits per heavy atom. The molecule has 3 fully saturated rings. The molecule has 3 atom stereocenters. The maximum atomic E-state index is 12.7. The minimum atomic E-state index is 0.0393. The fourth-order valence-corrected chi connectivity index (χ4v) is 4.67. The smallest absolute Gasteiger partial charge is 0.317 e. The minimum absolute atomic E-state index is 0.0393. The molecule has 4 rings (SSSR count). The van der Waals surface area contributed by atoms with Crippen molar-refractivity contribution < 1.29 is 9.53 Å². The van der Waals surface area contributed by atoms with Crippen LogP contribution >= 0.6 is 0 Å². The van der Waals surface area contributed by atoms with Gasteiger partial charge in [-0.3, -0.25) is 9.88 Å². The summed E-state index contributed by atoms with van der Waals surface area (Å²) >= 11 is 0. The molecule has 0 bridgehead atoms. The normalized spacial score (nSPS) is 31.3. The Labute approximate surface area is 149 Å². The molecule has 1 aromatic rings. The fourth-order valence-electron chi connectivity index (χ4n) is 4.67. The van der Waals surface area contributed by atoms with Gasteiger partial charge in [0.15, 0.2) is 0 Å². The minimum Gasteiger partial charge on any atom is -0.377 e. The molecule has 2 amide bonds. The summed E-state index contributed by atoms with van der Waals surface area (Å²) in [5.41, 5.74) is 1.13. The first-order valence-corrected chi connectivity index (χ1v) is 9.35. The topological polar surface area (TPSA) is 57.7 Å². The standard InChI is InChI=1S/C19H28N4O2/c1-19(2)16(15-6-12-25-17(15)19)21-18(24)23-10-8-22(9-11-23)13-14-5-3-4-7-20-14/h3-5,7,15-17H,6,8-13H2,1-2H3,(H,21,24)/t15-,16+,17+/m1/s1. The van der Waals surface area contributed by atoms with Gasteiger partial charge in [0, 0.05) is 62.9 Å². The molecular formula is C19H28N4O2. The number of urea groups is 1. The quantitative estimate of drug-likeness (QED) is 0.907. The third-order valence-electron chi connectivity index (χ3n) is 6.15. The van der Waals surface area contributed by atoms with Gasteiger partial charge in [0.2, 0.25) is 0 Å². The van der Waals surface area contributed by atoms with E-state index in [1.165, 1.54) is 0 Å². The van der Waals surface area contributed by atoms with E-state index < -0.39 is 0 Å². The zero-order valence-corrected chi connectivity index (χ0v) is 15.1. The summed E-state index contributed by atoms with van der Waals surface area (Å²) in [7, 11) is 0. The number of nitrogens with zero attached hydrogens (tertiary/aromatic N) is 3. The monoisotopic (exact) mass is 344 g/mol. The van der Waals surface area contributed by atoms with Crippen molar-refractivity contribution in [1.29, 1.82) is 0 Å². The Morgan fingerprint density at radius 1 is 1.32 bits per heavy atom. The lowest BCUT2D eigenvalue weighted by atomic mass is 9.57. The Bertz CT molecular complexity index is 613. The Hall–Kier alpha value is -1.66. The van der Waals surface area contributed by atoms with Crippen LogP contribution in [0.25, 0.3) is 0 Å². The van der Waals surface area contributed by atoms with Gasteiger partial charge in [-0.05, 0) is 18.6 Å². The van der Waals surface area contributed by atoms with E-state index in [0.29, 0.717) is 12.0 Å².